The molecule has 0 saturated heterocycles. The van der Waals surface area contributed by atoms with E-state index in [1.807, 2.05) is 0 Å². The highest BCUT2D eigenvalue weighted by Crippen LogP contribution is 2.25. The van der Waals surface area contributed by atoms with Crippen LogP contribution in [0, 0.1) is 0 Å². The third kappa shape index (κ3) is 4.28. The van der Waals surface area contributed by atoms with Gasteiger partial charge in [0.2, 0.25) is 0 Å². The van der Waals surface area contributed by atoms with Gasteiger partial charge in [0, 0.05) is 0 Å². The highest BCUT2D eigenvalue weighted by molar-refractivity contribution is 7.89. The molecule has 2 aromatic carbocycles. The van der Waals surface area contributed by atoms with Gasteiger partial charge >= 0.3 is 11.9 Å². The molecule has 2 rings (SSSR count). The quantitative estimate of drug-likeness (QED) is 0.448. The first-order valence-electron chi connectivity index (χ1n) is 6.41. The predicted octanol–water partition coefficient (Wildman–Crippen LogP) is 1.18. The number of hydrogen-bond donors (Lipinski definition) is 2. The average molecular weight is 386 g/mol. The van der Waals surface area contributed by atoms with Crippen LogP contribution < -0.4 is 0 Å². The molecule has 0 aliphatic heterocycles. The van der Waals surface area contributed by atoms with Crippen LogP contribution in [0.3, 0.4) is 0 Å². The molecule has 25 heavy (non-hydrogen) atoms. The molecule has 0 aliphatic rings. The van der Waals surface area contributed by atoms with Gasteiger partial charge in [-0.2, -0.15) is 16.8 Å². The van der Waals surface area contributed by atoms with E-state index >= 15 is 0 Å². The van der Waals surface area contributed by atoms with Crippen LogP contribution in [0.25, 0.3) is 0 Å². The number of hydrogen-bond acceptors (Lipinski definition) is 7. The molecule has 0 radical (unpaired) electrons. The summed E-state index contributed by atoms with van der Waals surface area (Å²) in [7, 11) is -10.3. The summed E-state index contributed by atoms with van der Waals surface area (Å²) in [5.41, 5.74) is -0.947. The second-order valence-corrected chi connectivity index (χ2v) is 7.37. The molecule has 9 nitrogen and oxygen atoms in total. The van der Waals surface area contributed by atoms with Crippen LogP contribution in [0.5, 0.6) is 0 Å². The van der Waals surface area contributed by atoms with Crippen LogP contribution in [0.15, 0.2) is 58.3 Å². The molecule has 0 spiro atoms. The summed E-state index contributed by atoms with van der Waals surface area (Å²) in [4.78, 5) is 21.3. The molecule has 132 valence electrons. The van der Waals surface area contributed by atoms with Gasteiger partial charge in [-0.15, -0.1) is 0 Å². The molecule has 0 fully saturated rings. The van der Waals surface area contributed by atoms with E-state index in [1.165, 1.54) is 24.3 Å². The van der Waals surface area contributed by atoms with Crippen molar-refractivity contribution in [2.75, 3.05) is 0 Å². The van der Waals surface area contributed by atoms with Gasteiger partial charge in [-0.05, 0) is 24.3 Å². The van der Waals surface area contributed by atoms with Crippen molar-refractivity contribution in [2.24, 2.45) is 0 Å². The number of esters is 2. The van der Waals surface area contributed by atoms with E-state index in [0.29, 0.717) is 6.07 Å². The van der Waals surface area contributed by atoms with E-state index in [2.05, 4.69) is 4.74 Å². The summed E-state index contributed by atoms with van der Waals surface area (Å²) >= 11 is 0. The van der Waals surface area contributed by atoms with Crippen molar-refractivity contribution in [1.82, 2.24) is 0 Å². The lowest BCUT2D eigenvalue weighted by molar-refractivity contribution is 0.0394. The van der Waals surface area contributed by atoms with Crippen molar-refractivity contribution < 1.29 is 40.3 Å². The topological polar surface area (TPSA) is 152 Å². The van der Waals surface area contributed by atoms with E-state index < -0.39 is 47.5 Å². The first-order valence-corrected chi connectivity index (χ1v) is 9.29. The first-order chi connectivity index (χ1) is 11.5. The second-order valence-electron chi connectivity index (χ2n) is 4.63. The van der Waals surface area contributed by atoms with Crippen LogP contribution in [-0.4, -0.2) is 37.9 Å². The smallest absolute Gasteiger partial charge is 0.347 e. The fraction of sp³-hybridized carbons (Fsp3) is 0. The molecular formula is C14H10O9S2. The largest absolute Gasteiger partial charge is 0.386 e. The van der Waals surface area contributed by atoms with Crippen LogP contribution >= 0.6 is 0 Å². The first kappa shape index (κ1) is 18.7. The van der Waals surface area contributed by atoms with Gasteiger partial charge in [0.1, 0.15) is 9.79 Å². The lowest BCUT2D eigenvalue weighted by Gasteiger charge is -2.10. The summed E-state index contributed by atoms with van der Waals surface area (Å²) in [6.45, 7) is 0. The molecular weight excluding hydrogens is 376 g/mol. The summed E-state index contributed by atoms with van der Waals surface area (Å²) in [6, 6.07) is 9.65. The van der Waals surface area contributed by atoms with Gasteiger partial charge in [-0.3, -0.25) is 9.11 Å². The summed E-state index contributed by atoms with van der Waals surface area (Å²) in [6.07, 6.45) is 0. The highest BCUT2D eigenvalue weighted by Gasteiger charge is 2.31. The zero-order chi connectivity index (χ0) is 18.8. The number of carbonyl (C=O) groups excluding carboxylic acids is 2. The Labute approximate surface area is 142 Å². The monoisotopic (exact) mass is 386 g/mol. The lowest BCUT2D eigenvalue weighted by Crippen LogP contribution is -2.18. The zero-order valence-electron chi connectivity index (χ0n) is 12.2. The fourth-order valence-electron chi connectivity index (χ4n) is 1.92. The van der Waals surface area contributed by atoms with E-state index in [-0.39, 0.29) is 5.56 Å². The molecule has 0 aliphatic carbocycles. The number of rotatable bonds is 4. The second kappa shape index (κ2) is 6.72. The maximum Gasteiger partial charge on any atom is 0.347 e. The summed E-state index contributed by atoms with van der Waals surface area (Å²) in [5.74, 6) is -2.64. The number of carbonyl (C=O) groups is 2. The van der Waals surface area contributed by atoms with Crippen LogP contribution in [0.1, 0.15) is 20.7 Å². The molecule has 0 bridgehead atoms. The normalized spacial score (nSPS) is 11.8. The van der Waals surface area contributed by atoms with E-state index in [9.17, 15) is 31.0 Å². The standard InChI is InChI=1S/C14H10O9S2/c15-13(9-5-2-1-3-6-9)23-14(16)10-7-4-8-11(24(17,18)19)12(10)25(20,21)22/h1-8H,(H,17,18,19)(H,20,21,22). The summed E-state index contributed by atoms with van der Waals surface area (Å²) < 4.78 is 68.3. The maximum absolute atomic E-state index is 12.1. The van der Waals surface area contributed by atoms with Gasteiger partial charge < -0.3 is 4.74 Å². The molecule has 0 amide bonds. The van der Waals surface area contributed by atoms with E-state index in [4.69, 9.17) is 4.55 Å². The lowest BCUT2D eigenvalue weighted by atomic mass is 10.2. The van der Waals surface area contributed by atoms with Crippen molar-refractivity contribution in [2.45, 2.75) is 9.79 Å². The molecule has 2 aromatic rings. The minimum atomic E-state index is -5.24. The average Bonchev–Trinajstić information content (AvgIpc) is 2.53. The molecule has 11 heteroatoms. The van der Waals surface area contributed by atoms with Crippen LogP contribution in [-0.2, 0) is 25.0 Å². The minimum Gasteiger partial charge on any atom is -0.386 e. The Balaban J connectivity index is 2.52. The zero-order valence-corrected chi connectivity index (χ0v) is 13.8. The van der Waals surface area contributed by atoms with E-state index in [1.54, 1.807) is 6.07 Å². The molecule has 0 unspecified atom stereocenters. The highest BCUT2D eigenvalue weighted by atomic mass is 32.2. The van der Waals surface area contributed by atoms with Crippen molar-refractivity contribution in [3.05, 3.63) is 59.7 Å². The minimum absolute atomic E-state index is 0.0183. The third-order valence-electron chi connectivity index (χ3n) is 2.93. The van der Waals surface area contributed by atoms with Gasteiger partial charge in [0.25, 0.3) is 20.2 Å². The number of ether oxygens (including phenoxy) is 1. The molecule has 0 aromatic heterocycles. The molecule has 0 atom stereocenters. The predicted molar refractivity (Wildman–Crippen MR) is 82.3 cm³/mol. The van der Waals surface area contributed by atoms with Crippen molar-refractivity contribution in [1.29, 1.82) is 0 Å². The van der Waals surface area contributed by atoms with Gasteiger partial charge in [0.15, 0.2) is 0 Å². The Hall–Kier alpha value is -2.60. The molecule has 0 heterocycles. The SMILES string of the molecule is O=C(OC(=O)c1cccc(S(=O)(=O)O)c1S(=O)(=O)O)c1ccccc1. The van der Waals surface area contributed by atoms with Gasteiger partial charge in [-0.1, -0.05) is 24.3 Å². The Kier molecular flexibility index (Phi) is 5.04. The fourth-order valence-corrected chi connectivity index (χ4v) is 3.90. The van der Waals surface area contributed by atoms with Crippen LogP contribution in [0.2, 0.25) is 0 Å². The summed E-state index contributed by atoms with van der Waals surface area (Å²) in [5, 5.41) is 0. The van der Waals surface area contributed by atoms with Gasteiger partial charge in [0.05, 0.1) is 11.1 Å². The maximum atomic E-state index is 12.1. The Bertz CT molecular complexity index is 1040. The van der Waals surface area contributed by atoms with Crippen molar-refractivity contribution in [3.63, 3.8) is 0 Å². The van der Waals surface area contributed by atoms with Crippen molar-refractivity contribution >= 4 is 32.2 Å². The molecule has 0 saturated carbocycles. The third-order valence-corrected chi connectivity index (χ3v) is 4.91. The van der Waals surface area contributed by atoms with Crippen molar-refractivity contribution in [3.8, 4) is 0 Å². The van der Waals surface area contributed by atoms with Crippen LogP contribution in [0.4, 0.5) is 0 Å². The molecule has 2 N–H and O–H groups in total. The van der Waals surface area contributed by atoms with Gasteiger partial charge in [-0.25, -0.2) is 9.59 Å². The Morgan fingerprint density at radius 2 is 1.36 bits per heavy atom. The number of benzene rings is 2. The van der Waals surface area contributed by atoms with E-state index in [0.717, 1.165) is 12.1 Å². The Morgan fingerprint density at radius 3 is 1.88 bits per heavy atom. The Morgan fingerprint density at radius 1 is 0.760 bits per heavy atom.